The highest BCUT2D eigenvalue weighted by Crippen LogP contribution is 2.38. The van der Waals surface area contributed by atoms with E-state index in [9.17, 15) is 14.9 Å². The molecule has 6 nitrogen and oxygen atoms in total. The summed E-state index contributed by atoms with van der Waals surface area (Å²) >= 11 is 0. The van der Waals surface area contributed by atoms with Crippen LogP contribution in [0.1, 0.15) is 43.7 Å². The van der Waals surface area contributed by atoms with Gasteiger partial charge in [-0.1, -0.05) is 44.2 Å². The molecule has 1 saturated heterocycles. The topological polar surface area (TPSA) is 72.7 Å². The summed E-state index contributed by atoms with van der Waals surface area (Å²) < 4.78 is 5.49. The van der Waals surface area contributed by atoms with Gasteiger partial charge in [-0.2, -0.15) is 0 Å². The predicted molar refractivity (Wildman–Crippen MR) is 119 cm³/mol. The first-order chi connectivity index (χ1) is 14.4. The van der Waals surface area contributed by atoms with Gasteiger partial charge in [-0.25, -0.2) is 0 Å². The molecule has 1 aliphatic rings. The van der Waals surface area contributed by atoms with E-state index in [4.69, 9.17) is 4.74 Å². The summed E-state index contributed by atoms with van der Waals surface area (Å²) in [6.45, 7) is 5.13. The van der Waals surface area contributed by atoms with Gasteiger partial charge < -0.3 is 9.64 Å². The third-order valence-corrected chi connectivity index (χ3v) is 5.62. The lowest BCUT2D eigenvalue weighted by atomic mass is 9.88. The average molecular weight is 408 g/mol. The van der Waals surface area contributed by atoms with Gasteiger partial charge in [0.2, 0.25) is 0 Å². The van der Waals surface area contributed by atoms with Crippen molar-refractivity contribution >= 4 is 23.2 Å². The fourth-order valence-corrected chi connectivity index (χ4v) is 3.86. The number of nitrogens with zero attached hydrogens (tertiary/aromatic N) is 2. The molecule has 0 radical (unpaired) electrons. The molecule has 0 spiro atoms. The number of hydrogen-bond acceptors (Lipinski definition) is 5. The zero-order valence-electron chi connectivity index (χ0n) is 17.7. The molecule has 0 atom stereocenters. The number of benzene rings is 2. The Morgan fingerprint density at radius 3 is 2.53 bits per heavy atom. The normalized spacial score (nSPS) is 15.0. The molecule has 0 N–H and O–H groups in total. The number of nitro benzene ring substituents is 1. The van der Waals surface area contributed by atoms with E-state index in [1.54, 1.807) is 25.3 Å². The van der Waals surface area contributed by atoms with Crippen molar-refractivity contribution in [2.24, 2.45) is 5.92 Å². The second-order valence-corrected chi connectivity index (χ2v) is 7.90. The summed E-state index contributed by atoms with van der Waals surface area (Å²) in [7, 11) is 1.68. The van der Waals surface area contributed by atoms with E-state index in [2.05, 4.69) is 11.0 Å². The predicted octanol–water partition coefficient (Wildman–Crippen LogP) is 5.23. The molecule has 6 heteroatoms. The number of para-hydroxylation sites is 1. The smallest absolute Gasteiger partial charge is 0.293 e. The molecule has 30 heavy (non-hydrogen) atoms. The maximum absolute atomic E-state index is 11.8. The van der Waals surface area contributed by atoms with E-state index in [1.807, 2.05) is 38.1 Å². The summed E-state index contributed by atoms with van der Waals surface area (Å²) in [6, 6.07) is 13.2. The molecule has 158 valence electrons. The first-order valence-electron chi connectivity index (χ1n) is 10.3. The van der Waals surface area contributed by atoms with Crippen LogP contribution in [0.5, 0.6) is 5.75 Å². The second-order valence-electron chi connectivity index (χ2n) is 7.90. The highest BCUT2D eigenvalue weighted by molar-refractivity contribution is 5.95. The Hall–Kier alpha value is -3.15. The Balaban J connectivity index is 1.76. The Labute approximate surface area is 177 Å². The molecule has 2 aromatic rings. The number of ether oxygens (including phenoxy) is 1. The number of ketones is 1. The van der Waals surface area contributed by atoms with E-state index >= 15 is 0 Å². The molecule has 3 rings (SSSR count). The lowest BCUT2D eigenvalue weighted by Crippen LogP contribution is -2.33. The Kier molecular flexibility index (Phi) is 6.87. The molecular formula is C24H28N2O4. The number of anilines is 1. The van der Waals surface area contributed by atoms with E-state index in [-0.39, 0.29) is 22.3 Å². The van der Waals surface area contributed by atoms with Gasteiger partial charge in [0.1, 0.15) is 11.4 Å². The highest BCUT2D eigenvalue weighted by Gasteiger charge is 2.27. The van der Waals surface area contributed by atoms with Crippen molar-refractivity contribution in [2.75, 3.05) is 25.1 Å². The van der Waals surface area contributed by atoms with Crippen molar-refractivity contribution in [1.82, 2.24) is 0 Å². The van der Waals surface area contributed by atoms with Crippen molar-refractivity contribution < 1.29 is 14.5 Å². The van der Waals surface area contributed by atoms with Crippen molar-refractivity contribution in [2.45, 2.75) is 32.6 Å². The number of nitro groups is 1. The number of methoxy groups -OCH3 is 1. The van der Waals surface area contributed by atoms with E-state index < -0.39 is 0 Å². The maximum Gasteiger partial charge on any atom is 0.293 e. The van der Waals surface area contributed by atoms with Crippen LogP contribution in [-0.4, -0.2) is 30.9 Å². The lowest BCUT2D eigenvalue weighted by molar-refractivity contribution is -0.384. The van der Waals surface area contributed by atoms with E-state index in [0.29, 0.717) is 17.2 Å². The van der Waals surface area contributed by atoms with Gasteiger partial charge in [0.25, 0.3) is 5.69 Å². The number of allylic oxidation sites excluding steroid dienone is 1. The van der Waals surface area contributed by atoms with Crippen LogP contribution in [0.4, 0.5) is 11.4 Å². The quantitative estimate of drug-likeness (QED) is 0.356. The third-order valence-electron chi connectivity index (χ3n) is 5.62. The summed E-state index contributed by atoms with van der Waals surface area (Å²) in [5.74, 6) is 1.18. The van der Waals surface area contributed by atoms with Crippen LogP contribution in [-0.2, 0) is 4.79 Å². The van der Waals surface area contributed by atoms with Crippen molar-refractivity contribution in [3.8, 4) is 5.75 Å². The Morgan fingerprint density at radius 1 is 1.20 bits per heavy atom. The minimum Gasteiger partial charge on any atom is -0.496 e. The Bertz CT molecular complexity index is 944. The molecule has 1 aliphatic heterocycles. The lowest BCUT2D eigenvalue weighted by Gasteiger charge is -2.34. The molecule has 0 saturated carbocycles. The van der Waals surface area contributed by atoms with Gasteiger partial charge in [0.15, 0.2) is 5.78 Å². The summed E-state index contributed by atoms with van der Waals surface area (Å²) in [6.07, 6.45) is 4.94. The summed E-state index contributed by atoms with van der Waals surface area (Å²) in [5.41, 5.74) is 2.56. The van der Waals surface area contributed by atoms with Gasteiger partial charge >= 0.3 is 0 Å². The van der Waals surface area contributed by atoms with Gasteiger partial charge in [-0.3, -0.25) is 14.9 Å². The molecule has 0 aliphatic carbocycles. The van der Waals surface area contributed by atoms with Crippen LogP contribution in [0.15, 0.2) is 48.5 Å². The molecule has 0 unspecified atom stereocenters. The van der Waals surface area contributed by atoms with Gasteiger partial charge in [0, 0.05) is 25.1 Å². The van der Waals surface area contributed by atoms with Gasteiger partial charge in [-0.05, 0) is 48.1 Å². The Morgan fingerprint density at radius 2 is 1.90 bits per heavy atom. The number of hydrogen-bond donors (Lipinski definition) is 0. The number of carbonyl (C=O) groups is 1. The van der Waals surface area contributed by atoms with Crippen LogP contribution >= 0.6 is 0 Å². The maximum atomic E-state index is 11.8. The minimum atomic E-state index is -0.344. The summed E-state index contributed by atoms with van der Waals surface area (Å²) in [5, 5.41) is 11.7. The fourth-order valence-electron chi connectivity index (χ4n) is 3.86. The second kappa shape index (κ2) is 9.57. The zero-order chi connectivity index (χ0) is 21.7. The zero-order valence-corrected chi connectivity index (χ0v) is 17.7. The van der Waals surface area contributed by atoms with Crippen LogP contribution in [0.25, 0.3) is 6.08 Å². The van der Waals surface area contributed by atoms with Crippen LogP contribution in [0.2, 0.25) is 0 Å². The molecule has 1 fully saturated rings. The van der Waals surface area contributed by atoms with E-state index in [1.165, 1.54) is 11.6 Å². The minimum absolute atomic E-state index is 0.000132. The van der Waals surface area contributed by atoms with Gasteiger partial charge in [0.05, 0.1) is 12.0 Å². The molecule has 0 amide bonds. The summed E-state index contributed by atoms with van der Waals surface area (Å²) in [4.78, 5) is 25.2. The molecule has 2 aromatic carbocycles. The standard InChI is InChI=1S/C24H28N2O4/c1-17(2)23(27)11-9-18-8-10-21(22(16-18)26(28)29)25-14-12-19(13-15-25)20-6-4-5-7-24(20)30-3/h4-11,16-17,19H,12-15H2,1-3H3/b11-9+. The average Bonchev–Trinajstić information content (AvgIpc) is 2.77. The van der Waals surface area contributed by atoms with Crippen LogP contribution in [0, 0.1) is 16.0 Å². The van der Waals surface area contributed by atoms with Crippen LogP contribution < -0.4 is 9.64 Å². The SMILES string of the molecule is COc1ccccc1C1CCN(c2ccc(/C=C/C(=O)C(C)C)cc2[N+](=O)[O-])CC1. The van der Waals surface area contributed by atoms with Crippen LogP contribution in [0.3, 0.4) is 0 Å². The van der Waals surface area contributed by atoms with Gasteiger partial charge in [-0.15, -0.1) is 0 Å². The monoisotopic (exact) mass is 408 g/mol. The number of piperidine rings is 1. The first-order valence-corrected chi connectivity index (χ1v) is 10.3. The van der Waals surface area contributed by atoms with E-state index in [0.717, 1.165) is 31.7 Å². The fraction of sp³-hybridized carbons (Fsp3) is 0.375. The molecule has 1 heterocycles. The number of rotatable bonds is 7. The molecule has 0 bridgehead atoms. The highest BCUT2D eigenvalue weighted by atomic mass is 16.6. The van der Waals surface area contributed by atoms with Crippen molar-refractivity contribution in [1.29, 1.82) is 0 Å². The molecule has 0 aromatic heterocycles. The molecular weight excluding hydrogens is 380 g/mol. The largest absolute Gasteiger partial charge is 0.496 e. The first kappa shape index (κ1) is 21.6. The number of carbonyl (C=O) groups excluding carboxylic acids is 1. The van der Waals surface area contributed by atoms with Crippen molar-refractivity contribution in [3.05, 3.63) is 69.8 Å². The third kappa shape index (κ3) is 4.87. The van der Waals surface area contributed by atoms with Crippen molar-refractivity contribution in [3.63, 3.8) is 0 Å².